The minimum Gasteiger partial charge on any atom is -0.313 e. The molecule has 1 saturated carbocycles. The van der Waals surface area contributed by atoms with E-state index in [1.807, 2.05) is 0 Å². The van der Waals surface area contributed by atoms with E-state index in [4.69, 9.17) is 0 Å². The fourth-order valence-electron chi connectivity index (χ4n) is 2.01. The highest BCUT2D eigenvalue weighted by Gasteiger charge is 2.35. The summed E-state index contributed by atoms with van der Waals surface area (Å²) in [6, 6.07) is 0.889. The Labute approximate surface area is 79.7 Å². The van der Waals surface area contributed by atoms with Gasteiger partial charge in [0.25, 0.3) is 0 Å². The lowest BCUT2D eigenvalue weighted by Crippen LogP contribution is -2.25. The molecule has 0 aromatic carbocycles. The Hall–Kier alpha value is 0.310. The van der Waals surface area contributed by atoms with Crippen LogP contribution in [-0.4, -0.2) is 24.1 Å². The molecular formula is C10H19NS. The van der Waals surface area contributed by atoms with Crippen LogP contribution in [0.1, 0.15) is 26.2 Å². The van der Waals surface area contributed by atoms with Crippen molar-refractivity contribution in [1.82, 2.24) is 5.32 Å². The second kappa shape index (κ2) is 4.01. The van der Waals surface area contributed by atoms with E-state index in [2.05, 4.69) is 24.0 Å². The van der Waals surface area contributed by atoms with E-state index in [-0.39, 0.29) is 0 Å². The number of hydrogen-bond acceptors (Lipinski definition) is 2. The van der Waals surface area contributed by atoms with Crippen LogP contribution in [-0.2, 0) is 0 Å². The predicted octanol–water partition coefficient (Wildman–Crippen LogP) is 2.13. The molecule has 2 heteroatoms. The number of thioether (sulfide) groups is 1. The average Bonchev–Trinajstić information content (AvgIpc) is 2.67. The van der Waals surface area contributed by atoms with Gasteiger partial charge in [-0.2, -0.15) is 11.8 Å². The van der Waals surface area contributed by atoms with Gasteiger partial charge in [0.05, 0.1) is 0 Å². The van der Waals surface area contributed by atoms with E-state index in [0.29, 0.717) is 0 Å². The SMILES string of the molecule is CCC1CC1NCC1CCSC1. The van der Waals surface area contributed by atoms with E-state index < -0.39 is 0 Å². The number of rotatable bonds is 4. The molecule has 1 aliphatic carbocycles. The van der Waals surface area contributed by atoms with Crippen LogP contribution in [0.3, 0.4) is 0 Å². The van der Waals surface area contributed by atoms with Crippen molar-refractivity contribution in [2.75, 3.05) is 18.1 Å². The van der Waals surface area contributed by atoms with E-state index >= 15 is 0 Å². The first-order chi connectivity index (χ1) is 5.90. The van der Waals surface area contributed by atoms with Gasteiger partial charge in [0.15, 0.2) is 0 Å². The van der Waals surface area contributed by atoms with E-state index in [0.717, 1.165) is 17.9 Å². The summed E-state index contributed by atoms with van der Waals surface area (Å²) < 4.78 is 0. The van der Waals surface area contributed by atoms with E-state index in [1.165, 1.54) is 37.3 Å². The molecule has 0 spiro atoms. The first-order valence-corrected chi connectivity index (χ1v) is 6.36. The Morgan fingerprint density at radius 1 is 1.50 bits per heavy atom. The summed E-state index contributed by atoms with van der Waals surface area (Å²) in [5, 5.41) is 3.69. The van der Waals surface area contributed by atoms with Crippen molar-refractivity contribution in [3.05, 3.63) is 0 Å². The lowest BCUT2D eigenvalue weighted by molar-refractivity contribution is 0.506. The molecule has 1 heterocycles. The molecule has 1 saturated heterocycles. The van der Waals surface area contributed by atoms with Gasteiger partial charge in [0.2, 0.25) is 0 Å². The molecular weight excluding hydrogens is 166 g/mol. The summed E-state index contributed by atoms with van der Waals surface area (Å²) in [6.45, 7) is 3.59. The number of hydrogen-bond donors (Lipinski definition) is 1. The van der Waals surface area contributed by atoms with Crippen molar-refractivity contribution in [2.24, 2.45) is 11.8 Å². The van der Waals surface area contributed by atoms with Crippen molar-refractivity contribution < 1.29 is 0 Å². The zero-order valence-electron chi connectivity index (χ0n) is 7.88. The van der Waals surface area contributed by atoms with Crippen LogP contribution in [0.15, 0.2) is 0 Å². The molecule has 3 unspecified atom stereocenters. The molecule has 1 aliphatic heterocycles. The van der Waals surface area contributed by atoms with Crippen LogP contribution in [0.25, 0.3) is 0 Å². The minimum absolute atomic E-state index is 0.889. The Morgan fingerprint density at radius 2 is 2.42 bits per heavy atom. The fourth-order valence-corrected chi connectivity index (χ4v) is 3.30. The number of nitrogens with one attached hydrogen (secondary N) is 1. The van der Waals surface area contributed by atoms with E-state index in [9.17, 15) is 0 Å². The topological polar surface area (TPSA) is 12.0 Å². The van der Waals surface area contributed by atoms with Crippen molar-refractivity contribution in [1.29, 1.82) is 0 Å². The largest absolute Gasteiger partial charge is 0.313 e. The van der Waals surface area contributed by atoms with E-state index in [1.54, 1.807) is 0 Å². The third-order valence-electron chi connectivity index (χ3n) is 3.14. The molecule has 2 fully saturated rings. The summed E-state index contributed by atoms with van der Waals surface area (Å²) in [4.78, 5) is 0. The summed E-state index contributed by atoms with van der Waals surface area (Å²) in [5.41, 5.74) is 0. The van der Waals surface area contributed by atoms with Gasteiger partial charge in [-0.05, 0) is 42.7 Å². The van der Waals surface area contributed by atoms with Gasteiger partial charge in [-0.1, -0.05) is 13.3 Å². The fraction of sp³-hybridized carbons (Fsp3) is 1.00. The molecule has 0 amide bonds. The van der Waals surface area contributed by atoms with Gasteiger partial charge in [0.1, 0.15) is 0 Å². The monoisotopic (exact) mass is 185 g/mol. The van der Waals surface area contributed by atoms with Crippen LogP contribution in [0, 0.1) is 11.8 Å². The van der Waals surface area contributed by atoms with Gasteiger partial charge in [-0.3, -0.25) is 0 Å². The molecule has 12 heavy (non-hydrogen) atoms. The summed E-state index contributed by atoms with van der Waals surface area (Å²) >= 11 is 2.12. The van der Waals surface area contributed by atoms with Gasteiger partial charge in [-0.15, -0.1) is 0 Å². The smallest absolute Gasteiger partial charge is 0.00991 e. The Bertz CT molecular complexity index is 143. The van der Waals surface area contributed by atoms with Gasteiger partial charge < -0.3 is 5.32 Å². The lowest BCUT2D eigenvalue weighted by atomic mass is 10.1. The standard InChI is InChI=1S/C10H19NS/c1-2-9-5-10(9)11-6-8-3-4-12-7-8/h8-11H,2-7H2,1H3. The minimum atomic E-state index is 0.889. The maximum atomic E-state index is 3.69. The molecule has 2 aliphatic rings. The van der Waals surface area contributed by atoms with Crippen LogP contribution >= 0.6 is 11.8 Å². The zero-order chi connectivity index (χ0) is 8.39. The van der Waals surface area contributed by atoms with Crippen LogP contribution in [0.2, 0.25) is 0 Å². The quantitative estimate of drug-likeness (QED) is 0.720. The predicted molar refractivity (Wildman–Crippen MR) is 55.6 cm³/mol. The van der Waals surface area contributed by atoms with Gasteiger partial charge >= 0.3 is 0 Å². The molecule has 0 radical (unpaired) electrons. The lowest BCUT2D eigenvalue weighted by Gasteiger charge is -2.08. The van der Waals surface area contributed by atoms with Crippen LogP contribution in [0.5, 0.6) is 0 Å². The second-order valence-electron chi connectivity index (χ2n) is 4.15. The maximum absolute atomic E-state index is 3.69. The van der Waals surface area contributed by atoms with Crippen molar-refractivity contribution in [3.8, 4) is 0 Å². The average molecular weight is 185 g/mol. The Balaban J connectivity index is 1.57. The zero-order valence-corrected chi connectivity index (χ0v) is 8.70. The molecule has 0 bridgehead atoms. The van der Waals surface area contributed by atoms with Gasteiger partial charge in [0, 0.05) is 6.04 Å². The van der Waals surface area contributed by atoms with Gasteiger partial charge in [-0.25, -0.2) is 0 Å². The first-order valence-electron chi connectivity index (χ1n) is 5.21. The molecule has 1 nitrogen and oxygen atoms in total. The summed E-state index contributed by atoms with van der Waals surface area (Å²) in [6.07, 6.45) is 4.26. The van der Waals surface area contributed by atoms with Crippen molar-refractivity contribution >= 4 is 11.8 Å². The third-order valence-corrected chi connectivity index (χ3v) is 4.37. The van der Waals surface area contributed by atoms with Crippen LogP contribution < -0.4 is 5.32 Å². The highest BCUT2D eigenvalue weighted by Crippen LogP contribution is 2.33. The molecule has 0 aromatic rings. The van der Waals surface area contributed by atoms with Crippen molar-refractivity contribution in [3.63, 3.8) is 0 Å². The highest BCUT2D eigenvalue weighted by molar-refractivity contribution is 7.99. The Morgan fingerprint density at radius 3 is 3.00 bits per heavy atom. The Kier molecular flexibility index (Phi) is 2.97. The third kappa shape index (κ3) is 2.17. The molecule has 1 N–H and O–H groups in total. The summed E-state index contributed by atoms with van der Waals surface area (Å²) in [5.74, 6) is 4.79. The maximum Gasteiger partial charge on any atom is 0.00991 e. The second-order valence-corrected chi connectivity index (χ2v) is 5.30. The highest BCUT2D eigenvalue weighted by atomic mass is 32.2. The normalized spacial score (nSPS) is 40.2. The molecule has 70 valence electrons. The molecule has 3 atom stereocenters. The molecule has 2 rings (SSSR count). The van der Waals surface area contributed by atoms with Crippen LogP contribution in [0.4, 0.5) is 0 Å². The molecule has 0 aromatic heterocycles. The first kappa shape index (κ1) is 8.89. The summed E-state index contributed by atoms with van der Waals surface area (Å²) in [7, 11) is 0. The van der Waals surface area contributed by atoms with Crippen molar-refractivity contribution in [2.45, 2.75) is 32.2 Å².